The summed E-state index contributed by atoms with van der Waals surface area (Å²) < 4.78 is 0. The summed E-state index contributed by atoms with van der Waals surface area (Å²) in [6.07, 6.45) is 1.01. The molecule has 0 bridgehead atoms. The van der Waals surface area contributed by atoms with Crippen LogP contribution in [0.25, 0.3) is 0 Å². The number of halogens is 1. The van der Waals surface area contributed by atoms with Crippen molar-refractivity contribution >= 4 is 29.1 Å². The molecule has 1 unspecified atom stereocenters. The molecule has 1 saturated heterocycles. The van der Waals surface area contributed by atoms with Crippen LogP contribution in [0.2, 0.25) is 5.02 Å². The van der Waals surface area contributed by atoms with Crippen molar-refractivity contribution in [1.82, 2.24) is 4.90 Å². The topological polar surface area (TPSA) is 49.4 Å². The van der Waals surface area contributed by atoms with Gasteiger partial charge in [0, 0.05) is 30.2 Å². The van der Waals surface area contributed by atoms with Gasteiger partial charge in [0.05, 0.1) is 5.92 Å². The van der Waals surface area contributed by atoms with E-state index in [0.717, 1.165) is 23.2 Å². The Morgan fingerprint density at radius 1 is 1.24 bits per heavy atom. The molecule has 25 heavy (non-hydrogen) atoms. The lowest BCUT2D eigenvalue weighted by molar-refractivity contribution is -0.128. The highest BCUT2D eigenvalue weighted by Gasteiger charge is 2.34. The summed E-state index contributed by atoms with van der Waals surface area (Å²) in [5, 5.41) is 3.63. The molecule has 0 saturated carbocycles. The van der Waals surface area contributed by atoms with Gasteiger partial charge in [-0.1, -0.05) is 41.9 Å². The average Bonchev–Trinajstić information content (AvgIpc) is 2.96. The average molecular weight is 357 g/mol. The molecule has 5 heteroatoms. The molecule has 0 radical (unpaired) electrons. The van der Waals surface area contributed by atoms with Crippen LogP contribution in [0.15, 0.2) is 48.5 Å². The number of benzene rings is 2. The number of carbonyl (C=O) groups is 2. The second-order valence-electron chi connectivity index (χ2n) is 6.42. The van der Waals surface area contributed by atoms with E-state index in [0.29, 0.717) is 18.1 Å². The Bertz CT molecular complexity index is 791. The molecule has 0 spiro atoms. The first-order valence-electron chi connectivity index (χ1n) is 8.41. The van der Waals surface area contributed by atoms with Crippen LogP contribution in [0.1, 0.15) is 17.5 Å². The van der Waals surface area contributed by atoms with E-state index in [1.165, 1.54) is 0 Å². The van der Waals surface area contributed by atoms with Crippen LogP contribution >= 0.6 is 11.6 Å². The quantitative estimate of drug-likeness (QED) is 0.888. The van der Waals surface area contributed by atoms with Crippen LogP contribution in [0.3, 0.4) is 0 Å². The van der Waals surface area contributed by atoms with Gasteiger partial charge in [-0.25, -0.2) is 0 Å². The Morgan fingerprint density at radius 3 is 2.80 bits per heavy atom. The fourth-order valence-electron chi connectivity index (χ4n) is 3.07. The standard InChI is InChI=1S/C20H21ClN2O2/c1-14-5-2-3-8-18(14)22-20(25)16-12-19(24)23(13-16)10-9-15-6-4-7-17(21)11-15/h2-8,11,16H,9-10,12-13H2,1H3,(H,22,25). The molecule has 1 aliphatic rings. The molecule has 0 aliphatic carbocycles. The fourth-order valence-corrected chi connectivity index (χ4v) is 3.28. The predicted molar refractivity (Wildman–Crippen MR) is 99.7 cm³/mol. The maximum absolute atomic E-state index is 12.5. The lowest BCUT2D eigenvalue weighted by Crippen LogP contribution is -2.30. The first-order chi connectivity index (χ1) is 12.0. The van der Waals surface area contributed by atoms with Gasteiger partial charge in [-0.3, -0.25) is 9.59 Å². The number of nitrogens with zero attached hydrogens (tertiary/aromatic N) is 1. The Morgan fingerprint density at radius 2 is 2.04 bits per heavy atom. The van der Waals surface area contributed by atoms with E-state index in [9.17, 15) is 9.59 Å². The molecule has 130 valence electrons. The van der Waals surface area contributed by atoms with E-state index in [-0.39, 0.29) is 24.2 Å². The lowest BCUT2D eigenvalue weighted by atomic mass is 10.1. The molecule has 2 aromatic carbocycles. The number of likely N-dealkylation sites (tertiary alicyclic amines) is 1. The van der Waals surface area contributed by atoms with Crippen molar-refractivity contribution < 1.29 is 9.59 Å². The summed E-state index contributed by atoms with van der Waals surface area (Å²) in [6.45, 7) is 3.02. The number of hydrogen-bond acceptors (Lipinski definition) is 2. The van der Waals surface area contributed by atoms with Crippen LogP contribution < -0.4 is 5.32 Å². The van der Waals surface area contributed by atoms with Gasteiger partial charge in [0.25, 0.3) is 0 Å². The minimum Gasteiger partial charge on any atom is -0.342 e. The number of aryl methyl sites for hydroxylation is 1. The van der Waals surface area contributed by atoms with Crippen LogP contribution in [0, 0.1) is 12.8 Å². The van der Waals surface area contributed by atoms with E-state index in [1.807, 2.05) is 55.5 Å². The minimum atomic E-state index is -0.300. The molecule has 4 nitrogen and oxygen atoms in total. The monoisotopic (exact) mass is 356 g/mol. The van der Waals surface area contributed by atoms with Gasteiger partial charge in [0.15, 0.2) is 0 Å². The van der Waals surface area contributed by atoms with Crippen molar-refractivity contribution in [1.29, 1.82) is 0 Å². The van der Waals surface area contributed by atoms with Gasteiger partial charge in [-0.2, -0.15) is 0 Å². The van der Waals surface area contributed by atoms with Crippen molar-refractivity contribution in [2.75, 3.05) is 18.4 Å². The molecule has 1 atom stereocenters. The third-order valence-electron chi connectivity index (χ3n) is 4.55. The number of amides is 2. The van der Waals surface area contributed by atoms with Crippen LogP contribution in [-0.4, -0.2) is 29.8 Å². The van der Waals surface area contributed by atoms with Crippen molar-refractivity contribution in [2.45, 2.75) is 19.8 Å². The Hall–Kier alpha value is -2.33. The maximum Gasteiger partial charge on any atom is 0.229 e. The number of nitrogens with one attached hydrogen (secondary N) is 1. The molecule has 1 heterocycles. The summed E-state index contributed by atoms with van der Waals surface area (Å²) in [6, 6.07) is 15.3. The third kappa shape index (κ3) is 4.40. The molecule has 1 N–H and O–H groups in total. The van der Waals surface area contributed by atoms with Crippen LogP contribution in [-0.2, 0) is 16.0 Å². The Balaban J connectivity index is 1.56. The van der Waals surface area contributed by atoms with Crippen molar-refractivity contribution in [2.24, 2.45) is 5.92 Å². The number of hydrogen-bond donors (Lipinski definition) is 1. The summed E-state index contributed by atoms with van der Waals surface area (Å²) in [7, 11) is 0. The zero-order valence-electron chi connectivity index (χ0n) is 14.2. The molecule has 1 fully saturated rings. The molecule has 0 aromatic heterocycles. The van der Waals surface area contributed by atoms with Crippen molar-refractivity contribution in [3.05, 3.63) is 64.7 Å². The van der Waals surface area contributed by atoms with E-state index in [1.54, 1.807) is 4.90 Å². The van der Waals surface area contributed by atoms with Gasteiger partial charge >= 0.3 is 0 Å². The summed E-state index contributed by atoms with van der Waals surface area (Å²) in [5.41, 5.74) is 2.91. The van der Waals surface area contributed by atoms with Gasteiger partial charge in [-0.05, 0) is 42.7 Å². The molecular formula is C20H21ClN2O2. The third-order valence-corrected chi connectivity index (χ3v) is 4.78. The zero-order chi connectivity index (χ0) is 17.8. The molecule has 2 aromatic rings. The SMILES string of the molecule is Cc1ccccc1NC(=O)C1CC(=O)N(CCc2cccc(Cl)c2)C1. The van der Waals surface area contributed by atoms with E-state index < -0.39 is 0 Å². The summed E-state index contributed by atoms with van der Waals surface area (Å²) >= 11 is 5.99. The smallest absolute Gasteiger partial charge is 0.229 e. The molecule has 2 amide bonds. The highest BCUT2D eigenvalue weighted by atomic mass is 35.5. The first kappa shape index (κ1) is 17.5. The molecule has 1 aliphatic heterocycles. The Labute approximate surface area is 152 Å². The van der Waals surface area contributed by atoms with E-state index in [2.05, 4.69) is 5.32 Å². The summed E-state index contributed by atoms with van der Waals surface area (Å²) in [5.74, 6) is -0.355. The molecule has 3 rings (SSSR count). The van der Waals surface area contributed by atoms with Crippen molar-refractivity contribution in [3.63, 3.8) is 0 Å². The van der Waals surface area contributed by atoms with Crippen LogP contribution in [0.5, 0.6) is 0 Å². The van der Waals surface area contributed by atoms with Gasteiger partial charge in [-0.15, -0.1) is 0 Å². The largest absolute Gasteiger partial charge is 0.342 e. The second-order valence-corrected chi connectivity index (χ2v) is 6.86. The van der Waals surface area contributed by atoms with Gasteiger partial charge < -0.3 is 10.2 Å². The van der Waals surface area contributed by atoms with E-state index in [4.69, 9.17) is 11.6 Å². The highest BCUT2D eigenvalue weighted by Crippen LogP contribution is 2.22. The van der Waals surface area contributed by atoms with E-state index >= 15 is 0 Å². The second kappa shape index (κ2) is 7.70. The summed E-state index contributed by atoms with van der Waals surface area (Å²) in [4.78, 5) is 26.5. The maximum atomic E-state index is 12.5. The van der Waals surface area contributed by atoms with Crippen LogP contribution in [0.4, 0.5) is 5.69 Å². The highest BCUT2D eigenvalue weighted by molar-refractivity contribution is 6.30. The number of anilines is 1. The fraction of sp³-hybridized carbons (Fsp3) is 0.300. The minimum absolute atomic E-state index is 0.0342. The number of carbonyl (C=O) groups excluding carboxylic acids is 2. The van der Waals surface area contributed by atoms with Crippen molar-refractivity contribution in [3.8, 4) is 0 Å². The predicted octanol–water partition coefficient (Wildman–Crippen LogP) is 3.68. The van der Waals surface area contributed by atoms with Gasteiger partial charge in [0.2, 0.25) is 11.8 Å². The Kier molecular flexibility index (Phi) is 5.39. The number of rotatable bonds is 5. The zero-order valence-corrected chi connectivity index (χ0v) is 14.9. The lowest BCUT2D eigenvalue weighted by Gasteiger charge is -2.17. The van der Waals surface area contributed by atoms with Gasteiger partial charge in [0.1, 0.15) is 0 Å². The number of para-hydroxylation sites is 1. The molecular weight excluding hydrogens is 336 g/mol. The first-order valence-corrected chi connectivity index (χ1v) is 8.79. The normalized spacial score (nSPS) is 17.0.